The van der Waals surface area contributed by atoms with Crippen LogP contribution in [0.5, 0.6) is 17.2 Å². The molecular weight excluding hydrogens is 875 g/mol. The number of carbonyl (C=O) groups excluding carboxylic acids is 3. The molecule has 0 radical (unpaired) electrons. The van der Waals surface area contributed by atoms with Crippen molar-refractivity contribution in [2.45, 2.75) is 90.5 Å². The van der Waals surface area contributed by atoms with E-state index in [0.29, 0.717) is 48.5 Å². The van der Waals surface area contributed by atoms with E-state index >= 15 is 0 Å². The van der Waals surface area contributed by atoms with Crippen molar-refractivity contribution in [2.24, 2.45) is 0 Å². The molecule has 4 aromatic carbocycles. The van der Waals surface area contributed by atoms with Gasteiger partial charge in [0, 0.05) is 42.7 Å². The fourth-order valence-corrected chi connectivity index (χ4v) is 8.70. The Morgan fingerprint density at radius 3 is 1.93 bits per heavy atom. The largest absolute Gasteiger partial charge is 0.493 e. The monoisotopic (exact) mass is 936 g/mol. The third-order valence-electron chi connectivity index (χ3n) is 12.6. The van der Waals surface area contributed by atoms with Gasteiger partial charge in [-0.25, -0.2) is 13.6 Å². The van der Waals surface area contributed by atoms with Gasteiger partial charge in [0.15, 0.2) is 19.8 Å². The molecule has 0 aromatic heterocycles. The van der Waals surface area contributed by atoms with Crippen molar-refractivity contribution in [1.29, 1.82) is 0 Å². The number of amides is 3. The molecule has 356 valence electrons. The number of aryl methyl sites for hydroxylation is 1. The minimum absolute atomic E-state index is 0.0443. The zero-order valence-electron chi connectivity index (χ0n) is 39.7. The Bertz CT molecular complexity index is 2520. The summed E-state index contributed by atoms with van der Waals surface area (Å²) >= 11 is 0. The molecule has 6 rings (SSSR count). The summed E-state index contributed by atoms with van der Waals surface area (Å²) in [6, 6.07) is 18.3. The van der Waals surface area contributed by atoms with Crippen LogP contribution >= 0.6 is 0 Å². The first-order chi connectivity index (χ1) is 31.8. The number of methoxy groups -OCH3 is 1. The summed E-state index contributed by atoms with van der Waals surface area (Å²) in [5, 5.41) is 2.67. The van der Waals surface area contributed by atoms with E-state index < -0.39 is 14.4 Å². The van der Waals surface area contributed by atoms with Crippen LogP contribution in [-0.2, 0) is 9.16 Å². The number of nitrogen functional groups attached to an aromatic ring is 1. The molecule has 2 aliphatic rings. The maximum Gasteiger partial charge on any atom is 0.411 e. The van der Waals surface area contributed by atoms with Gasteiger partial charge in [-0.05, 0) is 109 Å². The van der Waals surface area contributed by atoms with Gasteiger partial charge in [0.1, 0.15) is 24.0 Å². The molecule has 0 saturated carbocycles. The molecule has 2 atom stereocenters. The van der Waals surface area contributed by atoms with Crippen LogP contribution in [-0.4, -0.2) is 81.6 Å². The molecule has 2 heterocycles. The van der Waals surface area contributed by atoms with Gasteiger partial charge in [-0.1, -0.05) is 64.6 Å². The summed E-state index contributed by atoms with van der Waals surface area (Å²) in [6.07, 6.45) is 6.48. The second kappa shape index (κ2) is 21.5. The summed E-state index contributed by atoms with van der Waals surface area (Å²) in [4.78, 5) is 44.9. The van der Waals surface area contributed by atoms with Gasteiger partial charge >= 0.3 is 6.09 Å². The lowest BCUT2D eigenvalue weighted by Crippen LogP contribution is -2.45. The number of nitrogens with one attached hydrogen (secondary N) is 1. The van der Waals surface area contributed by atoms with Crippen LogP contribution in [0.25, 0.3) is 11.1 Å². The van der Waals surface area contributed by atoms with Crippen LogP contribution < -0.4 is 25.3 Å². The van der Waals surface area contributed by atoms with E-state index in [1.807, 2.05) is 13.8 Å². The first-order valence-corrected chi connectivity index (χ1v) is 25.4. The van der Waals surface area contributed by atoms with Gasteiger partial charge in [-0.2, -0.15) is 0 Å². The van der Waals surface area contributed by atoms with E-state index in [4.69, 9.17) is 29.1 Å². The first-order valence-electron chi connectivity index (χ1n) is 22.5. The summed E-state index contributed by atoms with van der Waals surface area (Å²) in [5.74, 6) is -0.242. The molecule has 3 amide bonds. The molecule has 3 N–H and O–H groups in total. The lowest BCUT2D eigenvalue weighted by atomic mass is 10.0. The molecule has 0 bridgehead atoms. The number of rotatable bonds is 18. The molecular formula is C52H62F2N4O8Si. The first kappa shape index (κ1) is 50.0. The lowest BCUT2D eigenvalue weighted by molar-refractivity contribution is 0.0737. The van der Waals surface area contributed by atoms with Crippen molar-refractivity contribution in [2.75, 3.05) is 44.6 Å². The molecule has 0 fully saturated rings. The summed E-state index contributed by atoms with van der Waals surface area (Å²) in [5.41, 5.74) is 11.4. The number of carbonyl (C=O) groups is 3. The van der Waals surface area contributed by atoms with Crippen LogP contribution in [0.2, 0.25) is 18.1 Å². The number of nitrogens with zero attached hydrogens (tertiary/aromatic N) is 2. The van der Waals surface area contributed by atoms with Crippen molar-refractivity contribution in [3.05, 3.63) is 137 Å². The number of halogens is 2. The number of nitrogens with two attached hydrogens (primary N) is 1. The van der Waals surface area contributed by atoms with Crippen LogP contribution in [0, 0.1) is 18.6 Å². The second-order valence-electron chi connectivity index (χ2n) is 18.3. The average molecular weight is 937 g/mol. The van der Waals surface area contributed by atoms with Gasteiger partial charge in [-0.15, -0.1) is 0 Å². The van der Waals surface area contributed by atoms with Gasteiger partial charge in [0.2, 0.25) is 0 Å². The summed E-state index contributed by atoms with van der Waals surface area (Å²) in [6.45, 7) is 18.8. The number of anilines is 2. The number of benzene rings is 4. The van der Waals surface area contributed by atoms with Crippen molar-refractivity contribution in [3.8, 4) is 17.2 Å². The quantitative estimate of drug-likeness (QED) is 0.0431. The Kier molecular flexibility index (Phi) is 16.0. The molecule has 0 aliphatic carbocycles. The van der Waals surface area contributed by atoms with E-state index in [0.717, 1.165) is 22.3 Å². The van der Waals surface area contributed by atoms with E-state index in [2.05, 4.69) is 45.8 Å². The number of hydrogen-bond donors (Lipinski definition) is 2. The second-order valence-corrected chi connectivity index (χ2v) is 23.1. The molecule has 2 aliphatic heterocycles. The van der Waals surface area contributed by atoms with E-state index in [1.54, 1.807) is 70.7 Å². The fraction of sp³-hybridized carbons (Fsp3) is 0.365. The molecule has 0 spiro atoms. The summed E-state index contributed by atoms with van der Waals surface area (Å²) in [7, 11) is -0.730. The zero-order valence-corrected chi connectivity index (χ0v) is 40.7. The van der Waals surface area contributed by atoms with Crippen LogP contribution in [0.15, 0.2) is 97.9 Å². The Balaban J connectivity index is 1.16. The Labute approximate surface area is 393 Å². The van der Waals surface area contributed by atoms with Gasteiger partial charge in [0.25, 0.3) is 11.8 Å². The maximum atomic E-state index is 14.7. The number of hydrogen-bond acceptors (Lipinski definition) is 9. The molecule has 12 nitrogen and oxygen atoms in total. The third kappa shape index (κ3) is 11.9. The predicted octanol–water partition coefficient (Wildman–Crippen LogP) is 11.4. The Morgan fingerprint density at radius 1 is 0.821 bits per heavy atom. The van der Waals surface area contributed by atoms with Crippen molar-refractivity contribution >= 4 is 48.7 Å². The fourth-order valence-electron chi connectivity index (χ4n) is 7.66. The average Bonchev–Trinajstić information content (AvgIpc) is 3.93. The molecule has 0 saturated heterocycles. The maximum absolute atomic E-state index is 14.7. The van der Waals surface area contributed by atoms with Gasteiger partial charge < -0.3 is 38.9 Å². The Morgan fingerprint density at radius 2 is 1.37 bits per heavy atom. The highest BCUT2D eigenvalue weighted by Crippen LogP contribution is 2.40. The Hall–Kier alpha value is -6.45. The van der Waals surface area contributed by atoms with Crippen LogP contribution in [0.4, 0.5) is 25.0 Å². The minimum atomic E-state index is -2.21. The number of ether oxygens (including phenoxy) is 4. The van der Waals surface area contributed by atoms with Crippen LogP contribution in [0.1, 0.15) is 90.8 Å². The smallest absolute Gasteiger partial charge is 0.411 e. The van der Waals surface area contributed by atoms with E-state index in [9.17, 15) is 23.2 Å². The molecule has 0 unspecified atom stereocenters. The highest BCUT2D eigenvalue weighted by atomic mass is 28.4. The van der Waals surface area contributed by atoms with E-state index in [1.165, 1.54) is 37.5 Å². The highest BCUT2D eigenvalue weighted by molar-refractivity contribution is 6.74. The van der Waals surface area contributed by atoms with E-state index in [-0.39, 0.29) is 89.5 Å². The van der Waals surface area contributed by atoms with Crippen molar-refractivity contribution in [3.63, 3.8) is 0 Å². The minimum Gasteiger partial charge on any atom is -0.493 e. The van der Waals surface area contributed by atoms with Gasteiger partial charge in [-0.3, -0.25) is 14.9 Å². The molecule has 4 aromatic rings. The lowest BCUT2D eigenvalue weighted by Gasteiger charge is -2.38. The highest BCUT2D eigenvalue weighted by Gasteiger charge is 2.40. The van der Waals surface area contributed by atoms with Crippen molar-refractivity contribution in [1.82, 2.24) is 9.80 Å². The van der Waals surface area contributed by atoms with Crippen LogP contribution in [0.3, 0.4) is 0 Å². The third-order valence-corrected chi connectivity index (χ3v) is 17.1. The topological polar surface area (TPSA) is 142 Å². The normalized spacial score (nSPS) is 16.0. The molecule has 67 heavy (non-hydrogen) atoms. The predicted molar refractivity (Wildman–Crippen MR) is 261 cm³/mol. The summed E-state index contributed by atoms with van der Waals surface area (Å²) < 4.78 is 57.3. The van der Waals surface area contributed by atoms with Gasteiger partial charge in [0.05, 0.1) is 49.8 Å². The zero-order chi connectivity index (χ0) is 48.6. The SMILES string of the molecule is C=CCOC(=O)Nc1cc(OCCCOc2cc(N)c(C(=O)N3C=C(c4ccc(F)cc4)C[C@H]3CC)cc2OC)c(C)cc1C(=O)N1C=C(c2ccc(F)cc2)C[C@H]1CO[Si](C)(C)C(C)(C)C. The molecule has 15 heteroatoms. The van der Waals surface area contributed by atoms with Crippen molar-refractivity contribution < 1.29 is 46.5 Å². The standard InChI is InChI=1S/C52H62F2N4O8Si/c1-10-21-65-51(61)56-45-29-46(33(3)24-43(45)50(60)58-31-37(35-15-19-39(54)20-16-35)26-41(58)32-66-67(8,9)52(4,5)6)63-22-12-23-64-48-28-44(55)42(27-47(48)62-7)49(59)57-30-36(25-40(57)11-2)34-13-17-38(53)18-14-34/h10,13-20,24,27-31,40-41H,1,11-12,21-23,25-26,32,55H2,2-9H3,(H,56,61)/t40-,41+/m1/s1.